The van der Waals surface area contributed by atoms with Crippen LogP contribution in [0.3, 0.4) is 0 Å². The summed E-state index contributed by atoms with van der Waals surface area (Å²) in [6.07, 6.45) is 4.25. The summed E-state index contributed by atoms with van der Waals surface area (Å²) in [5.41, 5.74) is 5.08. The van der Waals surface area contributed by atoms with Crippen molar-refractivity contribution in [1.82, 2.24) is 15.3 Å². The van der Waals surface area contributed by atoms with Gasteiger partial charge in [-0.05, 0) is 50.7 Å². The van der Waals surface area contributed by atoms with Crippen molar-refractivity contribution in [3.63, 3.8) is 0 Å². The van der Waals surface area contributed by atoms with Crippen LogP contribution in [-0.2, 0) is 0 Å². The molecule has 0 saturated heterocycles. The minimum absolute atomic E-state index is 0.446. The number of pyridine rings is 1. The van der Waals surface area contributed by atoms with Crippen LogP contribution in [0.25, 0.3) is 20.4 Å². The highest BCUT2D eigenvalue weighted by atomic mass is 32.1. The predicted molar refractivity (Wildman–Crippen MR) is 119 cm³/mol. The summed E-state index contributed by atoms with van der Waals surface area (Å²) >= 11 is 3.48. The molecule has 0 spiro atoms. The second-order valence-corrected chi connectivity index (χ2v) is 8.81. The number of thiophene rings is 1. The van der Waals surface area contributed by atoms with Crippen LogP contribution in [-0.4, -0.2) is 23.1 Å². The van der Waals surface area contributed by atoms with Gasteiger partial charge < -0.3 is 10.6 Å². The van der Waals surface area contributed by atoms with Crippen molar-refractivity contribution in [3.8, 4) is 0 Å². The maximum absolute atomic E-state index is 4.62. The zero-order chi connectivity index (χ0) is 18.8. The number of nitrogens with zero attached hydrogens (tertiary/aromatic N) is 2. The van der Waals surface area contributed by atoms with Crippen LogP contribution in [0.2, 0.25) is 0 Å². The number of thiazole rings is 1. The van der Waals surface area contributed by atoms with Crippen LogP contribution >= 0.6 is 22.7 Å². The molecular weight excluding hydrogens is 372 g/mol. The molecule has 4 aromatic rings. The Morgan fingerprint density at radius 1 is 1.15 bits per heavy atom. The number of hydrogen-bond donors (Lipinski definition) is 2. The van der Waals surface area contributed by atoms with Crippen molar-refractivity contribution in [1.29, 1.82) is 0 Å². The summed E-state index contributed by atoms with van der Waals surface area (Å²) in [4.78, 5) is 11.5. The van der Waals surface area contributed by atoms with E-state index in [1.54, 1.807) is 11.3 Å². The Morgan fingerprint density at radius 2 is 2.04 bits per heavy atom. The highest BCUT2D eigenvalue weighted by Gasteiger charge is 2.20. The lowest BCUT2D eigenvalue weighted by molar-refractivity contribution is 0.470. The number of anilines is 2. The van der Waals surface area contributed by atoms with Crippen LogP contribution in [0.4, 0.5) is 11.4 Å². The summed E-state index contributed by atoms with van der Waals surface area (Å²) in [6, 6.07) is 11.2. The summed E-state index contributed by atoms with van der Waals surface area (Å²) in [6.45, 7) is 4.52. The molecule has 2 N–H and O–H groups in total. The number of benzene rings is 1. The van der Waals surface area contributed by atoms with Gasteiger partial charge in [0.05, 0.1) is 21.4 Å². The van der Waals surface area contributed by atoms with Gasteiger partial charge in [-0.25, -0.2) is 9.97 Å². The molecule has 3 aromatic heterocycles. The van der Waals surface area contributed by atoms with Crippen LogP contribution in [0.5, 0.6) is 0 Å². The standard InChI is InChI=1S/C21H24N4S2/c1-4-5-15(13(2)22-3)20-11-16-17(8-9-23-21(16)27-20)25-14-6-7-19-18(10-14)24-12-26-19/h6-13,15,22H,4-5H2,1-3H3,(H,23,25). The van der Waals surface area contributed by atoms with E-state index in [1.807, 2.05) is 30.1 Å². The predicted octanol–water partition coefficient (Wildman–Crippen LogP) is 6.14. The van der Waals surface area contributed by atoms with Crippen LogP contribution in [0.15, 0.2) is 42.0 Å². The molecule has 0 saturated carbocycles. The van der Waals surface area contributed by atoms with E-state index in [0.29, 0.717) is 12.0 Å². The number of rotatable bonds is 7. The van der Waals surface area contributed by atoms with E-state index in [9.17, 15) is 0 Å². The van der Waals surface area contributed by atoms with Gasteiger partial charge in [0.2, 0.25) is 0 Å². The zero-order valence-electron chi connectivity index (χ0n) is 15.8. The van der Waals surface area contributed by atoms with Crippen LogP contribution < -0.4 is 10.6 Å². The topological polar surface area (TPSA) is 49.8 Å². The molecular formula is C21H24N4S2. The summed E-state index contributed by atoms with van der Waals surface area (Å²) < 4.78 is 1.21. The van der Waals surface area contributed by atoms with E-state index in [4.69, 9.17) is 0 Å². The average Bonchev–Trinajstić information content (AvgIpc) is 3.32. The highest BCUT2D eigenvalue weighted by Crippen LogP contribution is 2.38. The average molecular weight is 397 g/mol. The molecule has 6 heteroatoms. The number of fused-ring (bicyclic) bond motifs is 2. The smallest absolute Gasteiger partial charge is 0.125 e. The highest BCUT2D eigenvalue weighted by molar-refractivity contribution is 7.18. The fraction of sp³-hybridized carbons (Fsp3) is 0.333. The first-order valence-electron chi connectivity index (χ1n) is 9.35. The summed E-state index contributed by atoms with van der Waals surface area (Å²) in [7, 11) is 2.04. The molecule has 0 fully saturated rings. The van der Waals surface area contributed by atoms with Gasteiger partial charge in [-0.15, -0.1) is 22.7 Å². The molecule has 0 aliphatic carbocycles. The molecule has 0 aliphatic rings. The van der Waals surface area contributed by atoms with Gasteiger partial charge in [-0.1, -0.05) is 13.3 Å². The Kier molecular flexibility index (Phi) is 5.38. The van der Waals surface area contributed by atoms with Gasteiger partial charge >= 0.3 is 0 Å². The normalized spacial score (nSPS) is 13.9. The molecule has 4 rings (SSSR count). The van der Waals surface area contributed by atoms with Crippen molar-refractivity contribution in [2.45, 2.75) is 38.6 Å². The quantitative estimate of drug-likeness (QED) is 0.394. The monoisotopic (exact) mass is 396 g/mol. The lowest BCUT2D eigenvalue weighted by Crippen LogP contribution is -2.28. The Bertz CT molecular complexity index is 1050. The molecule has 2 unspecified atom stereocenters. The largest absolute Gasteiger partial charge is 0.355 e. The Morgan fingerprint density at radius 3 is 2.85 bits per heavy atom. The number of aromatic nitrogens is 2. The maximum atomic E-state index is 4.62. The van der Waals surface area contributed by atoms with E-state index in [2.05, 4.69) is 64.8 Å². The molecule has 27 heavy (non-hydrogen) atoms. The molecule has 0 bridgehead atoms. The number of likely N-dealkylation sites (N-methyl/N-ethyl adjacent to an activating group) is 1. The fourth-order valence-electron chi connectivity index (χ4n) is 3.49. The van der Waals surface area contributed by atoms with E-state index in [0.717, 1.165) is 21.7 Å². The maximum Gasteiger partial charge on any atom is 0.125 e. The second kappa shape index (κ2) is 7.92. The molecule has 2 atom stereocenters. The van der Waals surface area contributed by atoms with Gasteiger partial charge in [0.25, 0.3) is 0 Å². The van der Waals surface area contributed by atoms with Crippen molar-refractivity contribution in [2.75, 3.05) is 12.4 Å². The fourth-order valence-corrected chi connectivity index (χ4v) is 5.42. The van der Waals surface area contributed by atoms with E-state index < -0.39 is 0 Å². The zero-order valence-corrected chi connectivity index (χ0v) is 17.5. The molecule has 3 heterocycles. The minimum atomic E-state index is 0.446. The molecule has 0 amide bonds. The summed E-state index contributed by atoms with van der Waals surface area (Å²) in [5, 5.41) is 8.19. The van der Waals surface area contributed by atoms with Crippen molar-refractivity contribution in [3.05, 3.63) is 46.9 Å². The Labute approximate surface area is 167 Å². The lowest BCUT2D eigenvalue weighted by Gasteiger charge is -2.21. The van der Waals surface area contributed by atoms with Gasteiger partial charge in [-0.2, -0.15) is 0 Å². The first-order valence-corrected chi connectivity index (χ1v) is 11.0. The van der Waals surface area contributed by atoms with Crippen molar-refractivity contribution < 1.29 is 0 Å². The number of nitrogens with one attached hydrogen (secondary N) is 2. The molecule has 1 aromatic carbocycles. The minimum Gasteiger partial charge on any atom is -0.355 e. The molecule has 0 radical (unpaired) electrons. The Hall–Kier alpha value is -2.02. The third-order valence-electron chi connectivity index (χ3n) is 5.09. The van der Waals surface area contributed by atoms with Crippen molar-refractivity contribution >= 4 is 54.5 Å². The third kappa shape index (κ3) is 3.70. The lowest BCUT2D eigenvalue weighted by atomic mass is 9.94. The molecule has 4 nitrogen and oxygen atoms in total. The first-order chi connectivity index (χ1) is 13.2. The van der Waals surface area contributed by atoms with E-state index >= 15 is 0 Å². The molecule has 0 aliphatic heterocycles. The molecule has 140 valence electrons. The first kappa shape index (κ1) is 18.3. The van der Waals surface area contributed by atoms with Crippen LogP contribution in [0.1, 0.15) is 37.5 Å². The van der Waals surface area contributed by atoms with Gasteiger partial charge in [-0.3, -0.25) is 0 Å². The SMILES string of the molecule is CCCC(c1cc2c(Nc3ccc4scnc4c3)ccnc2s1)C(C)NC. The van der Waals surface area contributed by atoms with Gasteiger partial charge in [0.1, 0.15) is 4.83 Å². The van der Waals surface area contributed by atoms with Gasteiger partial charge in [0.15, 0.2) is 0 Å². The third-order valence-corrected chi connectivity index (χ3v) is 7.07. The van der Waals surface area contributed by atoms with Gasteiger partial charge in [0, 0.05) is 34.1 Å². The number of hydrogen-bond acceptors (Lipinski definition) is 6. The van der Waals surface area contributed by atoms with Crippen molar-refractivity contribution in [2.24, 2.45) is 0 Å². The second-order valence-electron chi connectivity index (χ2n) is 6.86. The van der Waals surface area contributed by atoms with E-state index in [1.165, 1.54) is 27.8 Å². The van der Waals surface area contributed by atoms with Crippen LogP contribution in [0, 0.1) is 0 Å². The summed E-state index contributed by atoms with van der Waals surface area (Å²) in [5.74, 6) is 0.512. The Balaban J connectivity index is 1.69. The van der Waals surface area contributed by atoms with E-state index in [-0.39, 0.29) is 0 Å².